The molecule has 0 unspecified atom stereocenters. The van der Waals surface area contributed by atoms with E-state index in [1.807, 2.05) is 30.5 Å². The largest absolute Gasteiger partial charge is 0.377 e. The average molecular weight is 459 g/mol. The number of allylic oxidation sites excluding steroid dienone is 1. The topological polar surface area (TPSA) is 59.7 Å². The molecule has 3 aliphatic rings. The molecule has 1 saturated heterocycles. The van der Waals surface area contributed by atoms with E-state index in [4.69, 9.17) is 4.98 Å². The molecule has 7 rings (SSSR count). The number of hydrogen-bond acceptors (Lipinski definition) is 5. The summed E-state index contributed by atoms with van der Waals surface area (Å²) in [5, 5.41) is 0. The van der Waals surface area contributed by atoms with Gasteiger partial charge in [0.05, 0.1) is 18.4 Å². The summed E-state index contributed by atoms with van der Waals surface area (Å²) in [6.07, 6.45) is 7.01. The van der Waals surface area contributed by atoms with Crippen LogP contribution in [0.3, 0.4) is 0 Å². The highest BCUT2D eigenvalue weighted by atomic mass is 19.1. The van der Waals surface area contributed by atoms with Gasteiger partial charge in [-0.2, -0.15) is 0 Å². The minimum atomic E-state index is -0.448. The molecule has 3 aromatic heterocycles. The van der Waals surface area contributed by atoms with Crippen LogP contribution in [0.4, 0.5) is 8.78 Å². The van der Waals surface area contributed by atoms with E-state index in [0.29, 0.717) is 46.4 Å². The summed E-state index contributed by atoms with van der Waals surface area (Å²) < 4.78 is 31.2. The molecule has 0 spiro atoms. The van der Waals surface area contributed by atoms with Crippen LogP contribution in [0.25, 0.3) is 28.1 Å². The summed E-state index contributed by atoms with van der Waals surface area (Å²) in [6.45, 7) is 6.14. The zero-order valence-electron chi connectivity index (χ0n) is 19.1. The zero-order chi connectivity index (χ0) is 23.4. The van der Waals surface area contributed by atoms with Gasteiger partial charge in [-0.25, -0.2) is 23.7 Å². The number of fused-ring (bicyclic) bond motifs is 3. The smallest absolute Gasteiger partial charge is 0.164 e. The lowest BCUT2D eigenvalue weighted by molar-refractivity contribution is 0.252. The average Bonchev–Trinajstić information content (AvgIpc) is 3.18. The minimum absolute atomic E-state index is 0.224. The molecule has 0 radical (unpaired) electrons. The van der Waals surface area contributed by atoms with Crippen LogP contribution in [0.1, 0.15) is 35.5 Å². The number of nitrogens with zero attached hydrogens (tertiary/aromatic N) is 6. The molecule has 1 aromatic carbocycles. The third kappa shape index (κ3) is 3.54. The van der Waals surface area contributed by atoms with Crippen molar-refractivity contribution in [1.82, 2.24) is 29.4 Å². The van der Waals surface area contributed by atoms with Crippen LogP contribution in [0.2, 0.25) is 0 Å². The van der Waals surface area contributed by atoms with Crippen LogP contribution in [0, 0.1) is 31.4 Å². The van der Waals surface area contributed by atoms with Gasteiger partial charge in [-0.3, -0.25) is 4.98 Å². The number of halogens is 2. The lowest BCUT2D eigenvalue weighted by atomic mass is 9.82. The minimum Gasteiger partial charge on any atom is -0.377 e. The monoisotopic (exact) mass is 458 g/mol. The maximum atomic E-state index is 15.3. The predicted octanol–water partition coefficient (Wildman–Crippen LogP) is 4.90. The van der Waals surface area contributed by atoms with Gasteiger partial charge < -0.3 is 9.47 Å². The highest BCUT2D eigenvalue weighted by Crippen LogP contribution is 2.38. The van der Waals surface area contributed by atoms with E-state index in [-0.39, 0.29) is 5.82 Å². The third-order valence-corrected chi connectivity index (χ3v) is 6.82. The van der Waals surface area contributed by atoms with Gasteiger partial charge in [0, 0.05) is 36.6 Å². The second kappa shape index (κ2) is 7.97. The Kier molecular flexibility index (Phi) is 4.90. The SMILES string of the molecule is Cc1nc(C)c2nc(-c3cncc(F)c3)n(Cc3ccc(C4=CN5CCC4CC5)c(F)c3)c2n1. The highest BCUT2D eigenvalue weighted by molar-refractivity contribution is 5.79. The number of aryl methyl sites for hydroxylation is 2. The van der Waals surface area contributed by atoms with Gasteiger partial charge in [0.25, 0.3) is 0 Å². The molecule has 2 bridgehead atoms. The van der Waals surface area contributed by atoms with Crippen molar-refractivity contribution in [2.75, 3.05) is 13.1 Å². The molecule has 0 atom stereocenters. The molecule has 0 aliphatic carbocycles. The van der Waals surface area contributed by atoms with Crippen LogP contribution < -0.4 is 0 Å². The molecule has 1 fully saturated rings. The fourth-order valence-electron chi connectivity index (χ4n) is 5.18. The molecule has 6 nitrogen and oxygen atoms in total. The van der Waals surface area contributed by atoms with Gasteiger partial charge in [0.15, 0.2) is 5.65 Å². The second-order valence-electron chi connectivity index (χ2n) is 9.15. The molecule has 172 valence electrons. The van der Waals surface area contributed by atoms with E-state index in [1.54, 1.807) is 12.3 Å². The van der Waals surface area contributed by atoms with Crippen molar-refractivity contribution < 1.29 is 8.78 Å². The van der Waals surface area contributed by atoms with Gasteiger partial charge in [-0.15, -0.1) is 0 Å². The van der Waals surface area contributed by atoms with Gasteiger partial charge in [-0.1, -0.05) is 12.1 Å². The lowest BCUT2D eigenvalue weighted by Gasteiger charge is -2.39. The first-order valence-electron chi connectivity index (χ1n) is 11.5. The molecule has 0 saturated carbocycles. The van der Waals surface area contributed by atoms with Crippen molar-refractivity contribution in [2.45, 2.75) is 33.2 Å². The van der Waals surface area contributed by atoms with Gasteiger partial charge >= 0.3 is 0 Å². The fourth-order valence-corrected chi connectivity index (χ4v) is 5.18. The Balaban J connectivity index is 1.43. The number of benzene rings is 1. The Hall–Kier alpha value is -3.68. The van der Waals surface area contributed by atoms with E-state index in [0.717, 1.165) is 49.0 Å². The third-order valence-electron chi connectivity index (χ3n) is 6.82. The summed E-state index contributed by atoms with van der Waals surface area (Å²) in [5.41, 5.74) is 5.10. The second-order valence-corrected chi connectivity index (χ2v) is 9.15. The predicted molar refractivity (Wildman–Crippen MR) is 126 cm³/mol. The summed E-state index contributed by atoms with van der Waals surface area (Å²) >= 11 is 0. The first kappa shape index (κ1) is 20.9. The molecule has 6 heterocycles. The molecular weight excluding hydrogens is 434 g/mol. The van der Waals surface area contributed by atoms with E-state index < -0.39 is 5.82 Å². The van der Waals surface area contributed by atoms with Crippen molar-refractivity contribution in [3.8, 4) is 11.4 Å². The summed E-state index contributed by atoms with van der Waals surface area (Å²) in [7, 11) is 0. The Morgan fingerprint density at radius 3 is 2.53 bits per heavy atom. The van der Waals surface area contributed by atoms with Crippen LogP contribution >= 0.6 is 0 Å². The van der Waals surface area contributed by atoms with Gasteiger partial charge in [0.2, 0.25) is 0 Å². The van der Waals surface area contributed by atoms with Crippen molar-refractivity contribution in [2.24, 2.45) is 5.92 Å². The van der Waals surface area contributed by atoms with Crippen LogP contribution in [-0.2, 0) is 6.54 Å². The van der Waals surface area contributed by atoms with E-state index in [9.17, 15) is 4.39 Å². The normalized spacial score (nSPS) is 15.9. The number of aromatic nitrogens is 5. The quantitative estimate of drug-likeness (QED) is 0.435. The maximum Gasteiger partial charge on any atom is 0.164 e. The molecule has 34 heavy (non-hydrogen) atoms. The fraction of sp³-hybridized carbons (Fsp3) is 0.308. The van der Waals surface area contributed by atoms with E-state index >= 15 is 4.39 Å². The number of piperidine rings is 1. The van der Waals surface area contributed by atoms with Crippen LogP contribution in [-0.4, -0.2) is 42.5 Å². The zero-order valence-corrected chi connectivity index (χ0v) is 19.1. The Labute approximate surface area is 196 Å². The Morgan fingerprint density at radius 1 is 1.00 bits per heavy atom. The first-order valence-corrected chi connectivity index (χ1v) is 11.5. The van der Waals surface area contributed by atoms with Gasteiger partial charge in [0.1, 0.15) is 28.8 Å². The van der Waals surface area contributed by atoms with Crippen molar-refractivity contribution in [1.29, 1.82) is 0 Å². The Morgan fingerprint density at radius 2 is 1.82 bits per heavy atom. The van der Waals surface area contributed by atoms with Crippen molar-refractivity contribution >= 4 is 16.7 Å². The van der Waals surface area contributed by atoms with Crippen LogP contribution in [0.5, 0.6) is 0 Å². The standard InChI is InChI=1S/C26H24F2N6/c1-15-24-26(31-16(2)30-15)34(25(32-24)19-10-20(27)12-29-11-19)13-17-3-4-21(23(28)9-17)22-14-33-7-5-18(22)6-8-33/h3-4,9-12,14,18H,5-8,13H2,1-2H3. The Bertz CT molecular complexity index is 1450. The van der Waals surface area contributed by atoms with Crippen molar-refractivity contribution in [3.63, 3.8) is 0 Å². The molecular formula is C26H24F2N6. The first-order chi connectivity index (χ1) is 16.5. The van der Waals surface area contributed by atoms with Gasteiger partial charge in [-0.05, 0) is 55.9 Å². The number of imidazole rings is 1. The van der Waals surface area contributed by atoms with Crippen LogP contribution in [0.15, 0.2) is 42.9 Å². The molecule has 4 aromatic rings. The summed E-state index contributed by atoms with van der Waals surface area (Å²) in [6, 6.07) is 6.82. The number of hydrogen-bond donors (Lipinski definition) is 0. The summed E-state index contributed by atoms with van der Waals surface area (Å²) in [5.74, 6) is 0.896. The number of pyridine rings is 1. The van der Waals surface area contributed by atoms with E-state index in [1.165, 1.54) is 6.07 Å². The maximum absolute atomic E-state index is 15.3. The number of rotatable bonds is 4. The molecule has 8 heteroatoms. The highest BCUT2D eigenvalue weighted by Gasteiger charge is 2.29. The summed E-state index contributed by atoms with van der Waals surface area (Å²) in [4.78, 5) is 20.0. The molecule has 0 amide bonds. The molecule has 0 N–H and O–H groups in total. The lowest BCUT2D eigenvalue weighted by Crippen LogP contribution is -2.35. The van der Waals surface area contributed by atoms with Crippen molar-refractivity contribution in [3.05, 3.63) is 77.1 Å². The van der Waals surface area contributed by atoms with E-state index in [2.05, 4.69) is 26.1 Å². The molecule has 3 aliphatic heterocycles.